The maximum absolute atomic E-state index is 10.8. The molecule has 1 rings (SSSR count). The number of amides is 2. The Morgan fingerprint density at radius 1 is 1.55 bits per heavy atom. The van der Waals surface area contributed by atoms with Gasteiger partial charge < -0.3 is 4.84 Å². The molecule has 0 radical (unpaired) electrons. The summed E-state index contributed by atoms with van der Waals surface area (Å²) in [5.74, 6) is -2.46. The summed E-state index contributed by atoms with van der Waals surface area (Å²) >= 11 is 0. The van der Waals surface area contributed by atoms with E-state index in [0.29, 0.717) is 5.06 Å². The van der Waals surface area contributed by atoms with Crippen molar-refractivity contribution in [1.82, 2.24) is 5.06 Å². The van der Waals surface area contributed by atoms with Crippen LogP contribution < -0.4 is 0 Å². The standard InChI is InChI=1S/C6H7NO4/c1-4(8)11-7-5(9)2-3-6(7)10/h2-3H2,1H3/i1T2. The van der Waals surface area contributed by atoms with Gasteiger partial charge in [-0.25, -0.2) is 4.79 Å². The van der Waals surface area contributed by atoms with E-state index in [1.807, 2.05) is 0 Å². The van der Waals surface area contributed by atoms with Crippen molar-refractivity contribution < 1.29 is 22.0 Å². The number of nitrogens with zero attached hydrogens (tertiary/aromatic N) is 1. The van der Waals surface area contributed by atoms with Crippen LogP contribution in [0.25, 0.3) is 0 Å². The predicted molar refractivity (Wildman–Crippen MR) is 32.9 cm³/mol. The van der Waals surface area contributed by atoms with Crippen LogP contribution in [-0.4, -0.2) is 22.8 Å². The average molecular weight is 161 g/mol. The van der Waals surface area contributed by atoms with Crippen molar-refractivity contribution in [2.75, 3.05) is 0 Å². The normalized spacial score (nSPS) is 20.3. The van der Waals surface area contributed by atoms with Crippen LogP contribution in [0.2, 0.25) is 0 Å². The largest absolute Gasteiger partial charge is 0.331 e. The van der Waals surface area contributed by atoms with Gasteiger partial charge in [-0.1, -0.05) is 0 Å². The number of imide groups is 1. The molecule has 0 saturated carbocycles. The van der Waals surface area contributed by atoms with Crippen molar-refractivity contribution in [3.63, 3.8) is 0 Å². The first-order valence-electron chi connectivity index (χ1n) is 4.10. The lowest BCUT2D eigenvalue weighted by Gasteiger charge is -2.09. The third kappa shape index (κ3) is 1.54. The highest BCUT2D eigenvalue weighted by atomic mass is 16.7. The summed E-state index contributed by atoms with van der Waals surface area (Å²) in [6.45, 7) is -1.85. The fourth-order valence-corrected chi connectivity index (χ4v) is 0.748. The molecule has 1 aliphatic rings. The second-order valence-corrected chi connectivity index (χ2v) is 1.99. The molecule has 0 atom stereocenters. The third-order valence-electron chi connectivity index (χ3n) is 1.19. The zero-order valence-corrected chi connectivity index (χ0v) is 5.57. The summed E-state index contributed by atoms with van der Waals surface area (Å²) in [5, 5.41) is 0.318. The Balaban J connectivity index is 2.58. The molecule has 1 aliphatic heterocycles. The molecule has 0 aromatic carbocycles. The van der Waals surface area contributed by atoms with E-state index in [9.17, 15) is 14.4 Å². The Kier molecular flexibility index (Phi) is 1.29. The maximum atomic E-state index is 10.8. The Hall–Kier alpha value is -1.39. The Morgan fingerprint density at radius 3 is 2.55 bits per heavy atom. The zero-order valence-electron chi connectivity index (χ0n) is 7.57. The third-order valence-corrected chi connectivity index (χ3v) is 1.19. The van der Waals surface area contributed by atoms with Crippen molar-refractivity contribution >= 4 is 17.8 Å². The van der Waals surface area contributed by atoms with E-state index in [-0.39, 0.29) is 12.8 Å². The fourth-order valence-electron chi connectivity index (χ4n) is 0.748. The van der Waals surface area contributed by atoms with Gasteiger partial charge >= 0.3 is 5.97 Å². The highest BCUT2D eigenvalue weighted by Gasteiger charge is 2.31. The topological polar surface area (TPSA) is 63.7 Å². The molecular formula is C6H7NO4. The Labute approximate surface area is 65.7 Å². The first-order valence-corrected chi connectivity index (χ1v) is 2.94. The predicted octanol–water partition coefficient (Wildman–Crippen LogP) is -0.387. The highest BCUT2D eigenvalue weighted by molar-refractivity contribution is 6.01. The minimum atomic E-state index is -1.85. The summed E-state index contributed by atoms with van der Waals surface area (Å²) in [5.41, 5.74) is 0. The minimum absolute atomic E-state index is 0.00673. The molecule has 0 bridgehead atoms. The molecule has 60 valence electrons. The van der Waals surface area contributed by atoms with E-state index in [1.54, 1.807) is 0 Å². The monoisotopic (exact) mass is 161 g/mol. The summed E-state index contributed by atoms with van der Waals surface area (Å²) in [6.07, 6.45) is 0.0135. The van der Waals surface area contributed by atoms with Crippen LogP contribution in [0.1, 0.15) is 22.5 Å². The summed E-state index contributed by atoms with van der Waals surface area (Å²) in [6, 6.07) is 0. The van der Waals surface area contributed by atoms with Crippen molar-refractivity contribution in [3.8, 4) is 0 Å². The first-order chi connectivity index (χ1) is 6.02. The van der Waals surface area contributed by atoms with E-state index >= 15 is 0 Å². The molecule has 1 fully saturated rings. The lowest BCUT2D eigenvalue weighted by Crippen LogP contribution is -2.30. The fraction of sp³-hybridized carbons (Fsp3) is 0.500. The molecule has 0 spiro atoms. The molecule has 0 aromatic rings. The van der Waals surface area contributed by atoms with E-state index in [4.69, 9.17) is 2.74 Å². The number of rotatable bonds is 1. The number of hydroxylamine groups is 2. The molecule has 1 heterocycles. The van der Waals surface area contributed by atoms with Crippen molar-refractivity contribution in [1.29, 1.82) is 0 Å². The number of hydrogen-bond donors (Lipinski definition) is 0. The van der Waals surface area contributed by atoms with E-state index in [1.165, 1.54) is 0 Å². The number of carbonyl (C=O) groups is 3. The van der Waals surface area contributed by atoms with Gasteiger partial charge in [-0.05, 0) is 0 Å². The Bertz CT molecular complexity index is 249. The molecule has 5 heteroatoms. The second-order valence-electron chi connectivity index (χ2n) is 1.99. The number of carbonyl (C=O) groups excluding carboxylic acids is 3. The van der Waals surface area contributed by atoms with Gasteiger partial charge in [0.15, 0.2) is 0 Å². The lowest BCUT2D eigenvalue weighted by atomic mass is 10.4. The molecular weight excluding hydrogens is 150 g/mol. The maximum Gasteiger partial charge on any atom is 0.330 e. The van der Waals surface area contributed by atoms with Gasteiger partial charge in [0.25, 0.3) is 11.8 Å². The first kappa shape index (κ1) is 5.29. The van der Waals surface area contributed by atoms with E-state index < -0.39 is 24.7 Å². The number of hydrogen-bond acceptors (Lipinski definition) is 4. The average Bonchev–Trinajstić information content (AvgIpc) is 2.35. The van der Waals surface area contributed by atoms with Gasteiger partial charge in [0.2, 0.25) is 0 Å². The Morgan fingerprint density at radius 2 is 2.09 bits per heavy atom. The molecule has 0 N–H and O–H groups in total. The minimum Gasteiger partial charge on any atom is -0.331 e. The van der Waals surface area contributed by atoms with Gasteiger partial charge in [0, 0.05) is 22.5 Å². The van der Waals surface area contributed by atoms with Gasteiger partial charge in [0.05, 0.1) is 0 Å². The molecule has 5 nitrogen and oxygen atoms in total. The molecule has 1 saturated heterocycles. The van der Waals surface area contributed by atoms with Crippen molar-refractivity contribution in [2.24, 2.45) is 0 Å². The summed E-state index contributed by atoms with van der Waals surface area (Å²) in [7, 11) is 0. The lowest BCUT2D eigenvalue weighted by molar-refractivity contribution is -0.195. The molecule has 2 amide bonds. The van der Waals surface area contributed by atoms with Gasteiger partial charge in [0.1, 0.15) is 0 Å². The van der Waals surface area contributed by atoms with Crippen LogP contribution in [-0.2, 0) is 19.2 Å². The highest BCUT2D eigenvalue weighted by Crippen LogP contribution is 2.11. The zero-order chi connectivity index (χ0) is 10.0. The van der Waals surface area contributed by atoms with Crippen LogP contribution >= 0.6 is 0 Å². The molecule has 11 heavy (non-hydrogen) atoms. The smallest absolute Gasteiger partial charge is 0.330 e. The molecule has 0 unspecified atom stereocenters. The SMILES string of the molecule is [3H]C([3H])C(=O)ON1C(=O)CCC1=O. The van der Waals surface area contributed by atoms with E-state index in [0.717, 1.165) is 0 Å². The van der Waals surface area contributed by atoms with Crippen LogP contribution in [0.5, 0.6) is 0 Å². The van der Waals surface area contributed by atoms with Crippen molar-refractivity contribution in [3.05, 3.63) is 0 Å². The second kappa shape index (κ2) is 2.69. The quantitative estimate of drug-likeness (QED) is 0.491. The van der Waals surface area contributed by atoms with Crippen LogP contribution in [0.15, 0.2) is 0 Å². The van der Waals surface area contributed by atoms with Crippen LogP contribution in [0.3, 0.4) is 0 Å². The molecule has 0 aliphatic carbocycles. The molecule has 0 aromatic heterocycles. The summed E-state index contributed by atoms with van der Waals surface area (Å²) < 4.78 is 13.2. The summed E-state index contributed by atoms with van der Waals surface area (Å²) in [4.78, 5) is 36.6. The van der Waals surface area contributed by atoms with Crippen LogP contribution in [0, 0.1) is 0 Å². The van der Waals surface area contributed by atoms with Crippen molar-refractivity contribution in [2.45, 2.75) is 19.7 Å². The van der Waals surface area contributed by atoms with Gasteiger partial charge in [-0.3, -0.25) is 9.59 Å². The van der Waals surface area contributed by atoms with Crippen LogP contribution in [0.4, 0.5) is 0 Å². The van der Waals surface area contributed by atoms with Gasteiger partial charge in [-0.15, -0.1) is 5.06 Å². The van der Waals surface area contributed by atoms with Gasteiger partial charge in [-0.2, -0.15) is 0 Å². The van der Waals surface area contributed by atoms with E-state index in [2.05, 4.69) is 4.84 Å².